The summed E-state index contributed by atoms with van der Waals surface area (Å²) in [6.45, 7) is 13.2. The van der Waals surface area contributed by atoms with Gasteiger partial charge in [-0.1, -0.05) is 70.4 Å². The van der Waals surface area contributed by atoms with Crippen LogP contribution in [0.15, 0.2) is 59.8 Å². The van der Waals surface area contributed by atoms with Gasteiger partial charge in [0.25, 0.3) is 0 Å². The second-order valence-electron chi connectivity index (χ2n) is 10.4. The topological polar surface area (TPSA) is 44.6 Å². The molecule has 1 atom stereocenters. The monoisotopic (exact) mass is 530 g/mol. The number of hydrogen-bond acceptors (Lipinski definition) is 3. The van der Waals surface area contributed by atoms with Gasteiger partial charge in [-0.15, -0.1) is 0 Å². The third-order valence-electron chi connectivity index (χ3n) is 7.15. The molecule has 0 spiro atoms. The number of hydrogen-bond donors (Lipinski definition) is 2. The summed E-state index contributed by atoms with van der Waals surface area (Å²) in [5, 5.41) is 14.4. The summed E-state index contributed by atoms with van der Waals surface area (Å²) < 4.78 is 39.7. The fourth-order valence-corrected chi connectivity index (χ4v) is 5.00. The van der Waals surface area contributed by atoms with Crippen molar-refractivity contribution in [3.63, 3.8) is 0 Å². The maximum atomic E-state index is 13.2. The van der Waals surface area contributed by atoms with E-state index in [2.05, 4.69) is 18.8 Å². The van der Waals surface area contributed by atoms with E-state index in [9.17, 15) is 18.3 Å². The Hall–Kier alpha value is -2.44. The molecular weight excluding hydrogens is 485 g/mol. The Kier molecular flexibility index (Phi) is 12.2. The van der Waals surface area contributed by atoms with Crippen molar-refractivity contribution >= 4 is 16.9 Å². The minimum atomic E-state index is -4.52. The largest absolute Gasteiger partial charge is 0.415 e. The number of unbranched alkanes of at least 4 members (excludes halogenated alkanes) is 1. The maximum Gasteiger partial charge on any atom is 0.415 e. The van der Waals surface area contributed by atoms with Crippen molar-refractivity contribution < 1.29 is 18.3 Å². The fraction of sp³-hybridized carbons (Fsp3) is 0.531. The molecule has 1 aliphatic carbocycles. The molecule has 2 rings (SSSR count). The van der Waals surface area contributed by atoms with E-state index >= 15 is 0 Å². The van der Waals surface area contributed by atoms with Gasteiger partial charge in [-0.2, -0.15) is 13.2 Å². The smallest absolute Gasteiger partial charge is 0.372 e. The summed E-state index contributed by atoms with van der Waals surface area (Å²) in [5.41, 5.74) is 2.15. The average Bonchev–Trinajstić information content (AvgIpc) is 2.88. The predicted molar refractivity (Wildman–Crippen MR) is 155 cm³/mol. The lowest BCUT2D eigenvalue weighted by Crippen LogP contribution is -2.40. The minimum absolute atomic E-state index is 0.369. The molecule has 0 bridgehead atoms. The third-order valence-corrected chi connectivity index (χ3v) is 7.15. The summed E-state index contributed by atoms with van der Waals surface area (Å²) >= 11 is 0. The molecule has 1 saturated carbocycles. The molecule has 0 radical (unpaired) electrons. The zero-order chi connectivity index (χ0) is 28.3. The van der Waals surface area contributed by atoms with E-state index in [0.29, 0.717) is 29.2 Å². The molecule has 6 heteroatoms. The van der Waals surface area contributed by atoms with Crippen molar-refractivity contribution in [3.8, 4) is 0 Å². The number of aliphatic hydroxyl groups is 1. The second kappa shape index (κ2) is 14.6. The van der Waals surface area contributed by atoms with Crippen LogP contribution < -0.4 is 5.32 Å². The summed E-state index contributed by atoms with van der Waals surface area (Å²) in [7, 11) is 0. The number of halogens is 3. The average molecular weight is 531 g/mol. The highest BCUT2D eigenvalue weighted by Gasteiger charge is 2.31. The van der Waals surface area contributed by atoms with Crippen LogP contribution in [-0.2, 0) is 5.72 Å². The van der Waals surface area contributed by atoms with Crippen LogP contribution in [0.1, 0.15) is 103 Å². The van der Waals surface area contributed by atoms with Gasteiger partial charge in [-0.3, -0.25) is 10.3 Å². The Morgan fingerprint density at radius 1 is 1.18 bits per heavy atom. The normalized spacial score (nSPS) is 18.2. The highest BCUT2D eigenvalue weighted by molar-refractivity contribution is 5.88. The molecule has 210 valence electrons. The van der Waals surface area contributed by atoms with Crippen LogP contribution in [0.25, 0.3) is 11.1 Å². The number of alkyl halides is 3. The van der Waals surface area contributed by atoms with Crippen molar-refractivity contribution in [1.29, 1.82) is 0 Å². The molecule has 0 heterocycles. The third kappa shape index (κ3) is 9.09. The van der Waals surface area contributed by atoms with Crippen molar-refractivity contribution in [3.05, 3.63) is 71.5 Å². The first-order valence-electron chi connectivity index (χ1n) is 13.9. The molecule has 2 N–H and O–H groups in total. The van der Waals surface area contributed by atoms with Crippen molar-refractivity contribution in [2.45, 2.75) is 97.9 Å². The van der Waals surface area contributed by atoms with Crippen molar-refractivity contribution in [2.75, 3.05) is 6.54 Å². The first-order chi connectivity index (χ1) is 17.9. The zero-order valence-electron chi connectivity index (χ0n) is 23.7. The lowest BCUT2D eigenvalue weighted by molar-refractivity contribution is -0.0877. The summed E-state index contributed by atoms with van der Waals surface area (Å²) in [4.78, 5) is 4.98. The molecule has 0 amide bonds. The van der Waals surface area contributed by atoms with Crippen LogP contribution in [0.2, 0.25) is 0 Å². The van der Waals surface area contributed by atoms with Gasteiger partial charge in [-0.05, 0) is 93.3 Å². The molecule has 0 aromatic heterocycles. The predicted octanol–water partition coefficient (Wildman–Crippen LogP) is 9.11. The number of benzene rings is 1. The summed E-state index contributed by atoms with van der Waals surface area (Å²) in [5.74, 6) is 0.529. The minimum Gasteiger partial charge on any atom is -0.372 e. The number of allylic oxidation sites excluding steroid dienone is 6. The van der Waals surface area contributed by atoms with Crippen LogP contribution in [0.4, 0.5) is 13.2 Å². The standard InChI is InChI=1S/C32H45F3N2O/c1-7-10-17-30(25-15-12-11-13-16-25)36-22-23(4)28-19-18-27(21-29(28)31(6,38)37-9-3)26(14-8-2)20-24(5)32(33,34)35/h8,14,18-22,25,37-38H,5,7,9-13,15-17H2,1-4,6H3/b14-8-,23-22+,26-20+,36-30?. The molecular formula is C32H45F3N2O. The lowest BCUT2D eigenvalue weighted by atomic mass is 9.84. The molecule has 1 aliphatic rings. The number of nitrogens with one attached hydrogen (secondary N) is 1. The zero-order valence-corrected chi connectivity index (χ0v) is 23.7. The van der Waals surface area contributed by atoms with E-state index in [4.69, 9.17) is 4.99 Å². The van der Waals surface area contributed by atoms with Crippen LogP contribution in [-0.4, -0.2) is 23.5 Å². The van der Waals surface area contributed by atoms with Gasteiger partial charge in [-0.25, -0.2) is 0 Å². The van der Waals surface area contributed by atoms with E-state index < -0.39 is 17.5 Å². The Labute approximate surface area is 227 Å². The molecule has 1 unspecified atom stereocenters. The highest BCUT2D eigenvalue weighted by Crippen LogP contribution is 2.34. The Morgan fingerprint density at radius 3 is 2.45 bits per heavy atom. The van der Waals surface area contributed by atoms with Gasteiger partial charge in [0.1, 0.15) is 5.72 Å². The first kappa shape index (κ1) is 31.8. The quantitative estimate of drug-likeness (QED) is 0.161. The van der Waals surface area contributed by atoms with E-state index in [0.717, 1.165) is 36.5 Å². The SMILES string of the molecule is C=C(/C=C(\C=C/C)c1ccc(/C(C)=C/N=C(CCCC)C2CCCCC2)c(C(C)(O)NCC)c1)C(F)(F)F. The van der Waals surface area contributed by atoms with E-state index in [-0.39, 0.29) is 0 Å². The molecule has 1 aromatic rings. The lowest BCUT2D eigenvalue weighted by Gasteiger charge is -2.28. The second-order valence-corrected chi connectivity index (χ2v) is 10.4. The van der Waals surface area contributed by atoms with E-state index in [1.54, 1.807) is 38.1 Å². The van der Waals surface area contributed by atoms with Crippen LogP contribution in [0.5, 0.6) is 0 Å². The van der Waals surface area contributed by atoms with E-state index in [1.165, 1.54) is 37.8 Å². The molecule has 1 fully saturated rings. The molecule has 0 aliphatic heterocycles. The molecule has 3 nitrogen and oxygen atoms in total. The van der Waals surface area contributed by atoms with Crippen LogP contribution in [0.3, 0.4) is 0 Å². The van der Waals surface area contributed by atoms with Gasteiger partial charge >= 0.3 is 6.18 Å². The van der Waals surface area contributed by atoms with Crippen molar-refractivity contribution in [1.82, 2.24) is 5.32 Å². The Balaban J connectivity index is 2.60. The Morgan fingerprint density at radius 2 is 1.87 bits per heavy atom. The fourth-order valence-electron chi connectivity index (χ4n) is 5.00. The molecule has 38 heavy (non-hydrogen) atoms. The maximum absolute atomic E-state index is 13.2. The first-order valence-corrected chi connectivity index (χ1v) is 13.9. The van der Waals surface area contributed by atoms with Crippen LogP contribution in [0, 0.1) is 5.92 Å². The van der Waals surface area contributed by atoms with Crippen LogP contribution >= 0.6 is 0 Å². The Bertz CT molecular complexity index is 1050. The van der Waals surface area contributed by atoms with Gasteiger partial charge in [0, 0.05) is 23.0 Å². The number of aliphatic imine (C=N–C) groups is 1. The number of nitrogens with zero attached hydrogens (tertiary/aromatic N) is 1. The van der Waals surface area contributed by atoms with E-state index in [1.807, 2.05) is 26.1 Å². The van der Waals surface area contributed by atoms with Gasteiger partial charge in [0.05, 0.1) is 0 Å². The summed E-state index contributed by atoms with van der Waals surface area (Å²) in [6.07, 6.45) is 11.1. The van der Waals surface area contributed by atoms with Crippen molar-refractivity contribution in [2.24, 2.45) is 10.9 Å². The van der Waals surface area contributed by atoms with Gasteiger partial charge < -0.3 is 5.11 Å². The molecule has 1 aromatic carbocycles. The highest BCUT2D eigenvalue weighted by atomic mass is 19.4. The summed E-state index contributed by atoms with van der Waals surface area (Å²) in [6, 6.07) is 5.40. The van der Waals surface area contributed by atoms with Gasteiger partial charge in [0.2, 0.25) is 0 Å². The number of rotatable bonds is 12. The van der Waals surface area contributed by atoms with Gasteiger partial charge in [0.15, 0.2) is 0 Å². The molecule has 0 saturated heterocycles.